The number of hydrogen-bond donors (Lipinski definition) is 1. The van der Waals surface area contributed by atoms with Gasteiger partial charge in [-0.25, -0.2) is 4.98 Å². The average molecular weight is 352 g/mol. The maximum atomic E-state index is 9.91. The van der Waals surface area contributed by atoms with Crippen molar-refractivity contribution in [1.82, 2.24) is 9.97 Å². The maximum Gasteiger partial charge on any atom is 0.227 e. The molecule has 3 aliphatic rings. The summed E-state index contributed by atoms with van der Waals surface area (Å²) in [4.78, 5) is 13.6. The number of aromatic nitrogens is 2. The van der Waals surface area contributed by atoms with Crippen molar-refractivity contribution in [2.45, 2.75) is 25.4 Å². The molecule has 3 aliphatic heterocycles. The van der Waals surface area contributed by atoms with E-state index >= 15 is 0 Å². The van der Waals surface area contributed by atoms with Gasteiger partial charge in [-0.1, -0.05) is 18.2 Å². The molecule has 1 spiro atoms. The van der Waals surface area contributed by atoms with Crippen molar-refractivity contribution in [3.05, 3.63) is 42.1 Å². The molecule has 0 bridgehead atoms. The van der Waals surface area contributed by atoms with Crippen molar-refractivity contribution < 1.29 is 9.84 Å². The molecule has 6 nitrogen and oxygen atoms in total. The molecule has 26 heavy (non-hydrogen) atoms. The minimum atomic E-state index is -0.256. The van der Waals surface area contributed by atoms with Gasteiger partial charge in [0.2, 0.25) is 5.95 Å². The molecule has 0 saturated carbocycles. The topological polar surface area (TPSA) is 61.7 Å². The summed E-state index contributed by atoms with van der Waals surface area (Å²) in [6.07, 6.45) is 4.51. The van der Waals surface area contributed by atoms with Gasteiger partial charge in [0, 0.05) is 37.8 Å². The van der Waals surface area contributed by atoms with E-state index in [1.165, 1.54) is 5.56 Å². The average Bonchev–Trinajstić information content (AvgIpc) is 2.66. The van der Waals surface area contributed by atoms with E-state index in [1.807, 2.05) is 18.3 Å². The lowest BCUT2D eigenvalue weighted by atomic mass is 9.74. The standard InChI is InChI=1S/C20H24N4O2/c25-16-5-3-9-23(11-16)18-7-8-21-19(22-18)24-12-20(13-24)10-15-4-1-2-6-17(15)26-14-20/h1-2,4,6-8,16,25H,3,5,9-14H2. The Morgan fingerprint density at radius 1 is 1.15 bits per heavy atom. The third kappa shape index (κ3) is 2.78. The molecule has 0 radical (unpaired) electrons. The van der Waals surface area contributed by atoms with Crippen molar-refractivity contribution in [1.29, 1.82) is 0 Å². The summed E-state index contributed by atoms with van der Waals surface area (Å²) in [5.74, 6) is 2.73. The second kappa shape index (κ2) is 6.13. The molecule has 1 aromatic carbocycles. The van der Waals surface area contributed by atoms with E-state index < -0.39 is 0 Å². The predicted molar refractivity (Wildman–Crippen MR) is 99.8 cm³/mol. The van der Waals surface area contributed by atoms with Crippen LogP contribution in [0.1, 0.15) is 18.4 Å². The Morgan fingerprint density at radius 3 is 2.92 bits per heavy atom. The van der Waals surface area contributed by atoms with Crippen molar-refractivity contribution in [2.75, 3.05) is 42.6 Å². The van der Waals surface area contributed by atoms with E-state index in [1.54, 1.807) is 0 Å². The third-order valence-corrected chi connectivity index (χ3v) is 5.76. The van der Waals surface area contributed by atoms with Crippen molar-refractivity contribution in [2.24, 2.45) is 5.41 Å². The number of nitrogens with zero attached hydrogens (tertiary/aromatic N) is 4. The molecule has 0 aliphatic carbocycles. The highest BCUT2D eigenvalue weighted by molar-refractivity contribution is 5.47. The molecule has 1 unspecified atom stereocenters. The Balaban J connectivity index is 1.29. The molecular weight excluding hydrogens is 328 g/mol. The highest BCUT2D eigenvalue weighted by atomic mass is 16.5. The molecule has 1 aromatic heterocycles. The Labute approximate surface area is 153 Å². The van der Waals surface area contributed by atoms with E-state index in [0.29, 0.717) is 6.54 Å². The number of fused-ring (bicyclic) bond motifs is 1. The first-order chi connectivity index (χ1) is 12.7. The van der Waals surface area contributed by atoms with Crippen LogP contribution in [-0.4, -0.2) is 54.0 Å². The first-order valence-corrected chi connectivity index (χ1v) is 9.43. The molecular formula is C20H24N4O2. The van der Waals surface area contributed by atoms with Gasteiger partial charge in [-0.05, 0) is 37.0 Å². The monoisotopic (exact) mass is 352 g/mol. The van der Waals surface area contributed by atoms with Gasteiger partial charge in [0.15, 0.2) is 0 Å². The first kappa shape index (κ1) is 15.9. The minimum absolute atomic E-state index is 0.176. The molecule has 4 heterocycles. The smallest absolute Gasteiger partial charge is 0.227 e. The normalized spacial score (nSPS) is 24.0. The molecule has 6 heteroatoms. The van der Waals surface area contributed by atoms with Gasteiger partial charge in [0.25, 0.3) is 0 Å². The molecule has 1 atom stereocenters. The summed E-state index contributed by atoms with van der Waals surface area (Å²) in [7, 11) is 0. The highest BCUT2D eigenvalue weighted by Crippen LogP contribution is 2.42. The van der Waals surface area contributed by atoms with Gasteiger partial charge in [-0.15, -0.1) is 0 Å². The van der Waals surface area contributed by atoms with Crippen LogP contribution in [0.4, 0.5) is 11.8 Å². The van der Waals surface area contributed by atoms with E-state index in [9.17, 15) is 5.11 Å². The van der Waals surface area contributed by atoms with Crippen LogP contribution in [0, 0.1) is 5.41 Å². The maximum absolute atomic E-state index is 9.91. The van der Waals surface area contributed by atoms with Crippen molar-refractivity contribution in [3.63, 3.8) is 0 Å². The molecule has 2 fully saturated rings. The number of piperidine rings is 1. The zero-order chi connectivity index (χ0) is 17.6. The number of para-hydroxylation sites is 1. The number of aliphatic hydroxyl groups is 1. The summed E-state index contributed by atoms with van der Waals surface area (Å²) in [5.41, 5.74) is 1.48. The Bertz CT molecular complexity index is 806. The number of ether oxygens (including phenoxy) is 1. The van der Waals surface area contributed by atoms with Crippen LogP contribution < -0.4 is 14.5 Å². The van der Waals surface area contributed by atoms with Crippen LogP contribution >= 0.6 is 0 Å². The Morgan fingerprint density at radius 2 is 2.04 bits per heavy atom. The molecule has 2 aromatic rings. The fraction of sp³-hybridized carbons (Fsp3) is 0.500. The molecule has 0 amide bonds. The summed E-state index contributed by atoms with van der Waals surface area (Å²) < 4.78 is 5.99. The van der Waals surface area contributed by atoms with E-state index in [-0.39, 0.29) is 11.5 Å². The highest BCUT2D eigenvalue weighted by Gasteiger charge is 2.47. The van der Waals surface area contributed by atoms with Crippen LogP contribution in [0.2, 0.25) is 0 Å². The fourth-order valence-corrected chi connectivity index (χ4v) is 4.42. The Kier molecular flexibility index (Phi) is 3.74. The van der Waals surface area contributed by atoms with Crippen LogP contribution in [0.5, 0.6) is 5.75 Å². The summed E-state index contributed by atoms with van der Waals surface area (Å²) in [6.45, 7) is 4.21. The van der Waals surface area contributed by atoms with E-state index in [4.69, 9.17) is 9.72 Å². The molecule has 136 valence electrons. The number of rotatable bonds is 2. The Hall–Kier alpha value is -2.34. The third-order valence-electron chi connectivity index (χ3n) is 5.76. The minimum Gasteiger partial charge on any atom is -0.493 e. The van der Waals surface area contributed by atoms with Gasteiger partial charge >= 0.3 is 0 Å². The van der Waals surface area contributed by atoms with Gasteiger partial charge in [0.05, 0.1) is 12.7 Å². The lowest BCUT2D eigenvalue weighted by molar-refractivity contribution is 0.0868. The van der Waals surface area contributed by atoms with Gasteiger partial charge < -0.3 is 19.6 Å². The van der Waals surface area contributed by atoms with Crippen LogP contribution in [0.25, 0.3) is 0 Å². The first-order valence-electron chi connectivity index (χ1n) is 9.43. The van der Waals surface area contributed by atoms with Crippen molar-refractivity contribution in [3.8, 4) is 5.75 Å². The van der Waals surface area contributed by atoms with Gasteiger partial charge in [-0.3, -0.25) is 0 Å². The van der Waals surface area contributed by atoms with Crippen molar-refractivity contribution >= 4 is 11.8 Å². The van der Waals surface area contributed by atoms with E-state index in [0.717, 1.165) is 63.0 Å². The quantitative estimate of drug-likeness (QED) is 0.890. The summed E-state index contributed by atoms with van der Waals surface area (Å²) in [5, 5.41) is 9.91. The lowest BCUT2D eigenvalue weighted by Gasteiger charge is -2.51. The van der Waals surface area contributed by atoms with Crippen LogP contribution in [0.15, 0.2) is 36.5 Å². The fourth-order valence-electron chi connectivity index (χ4n) is 4.42. The van der Waals surface area contributed by atoms with E-state index in [2.05, 4.69) is 33.0 Å². The van der Waals surface area contributed by atoms with Gasteiger partial charge in [-0.2, -0.15) is 4.98 Å². The number of hydrogen-bond acceptors (Lipinski definition) is 6. The second-order valence-corrected chi connectivity index (χ2v) is 7.89. The number of benzene rings is 1. The largest absolute Gasteiger partial charge is 0.493 e. The molecule has 1 N–H and O–H groups in total. The zero-order valence-electron chi connectivity index (χ0n) is 14.8. The molecule has 2 saturated heterocycles. The van der Waals surface area contributed by atoms with Gasteiger partial charge in [0.1, 0.15) is 11.6 Å². The van der Waals surface area contributed by atoms with Crippen LogP contribution in [-0.2, 0) is 6.42 Å². The summed E-state index contributed by atoms with van der Waals surface area (Å²) in [6, 6.07) is 10.3. The van der Waals surface area contributed by atoms with Crippen LogP contribution in [0.3, 0.4) is 0 Å². The SMILES string of the molecule is OC1CCCN(c2ccnc(N3CC4(COc5ccccc5C4)C3)n2)C1. The zero-order valence-corrected chi connectivity index (χ0v) is 14.8. The number of β-amino-alcohol motifs (C(OH)–C–C–N with tert-alkyl or cyclic N) is 1. The summed E-state index contributed by atoms with van der Waals surface area (Å²) >= 11 is 0. The second-order valence-electron chi connectivity index (χ2n) is 7.89. The predicted octanol–water partition coefficient (Wildman–Crippen LogP) is 1.88. The number of aliphatic hydroxyl groups excluding tert-OH is 1. The lowest BCUT2D eigenvalue weighted by Crippen LogP contribution is -2.62. The number of anilines is 2. The molecule has 5 rings (SSSR count).